The van der Waals surface area contributed by atoms with Crippen molar-refractivity contribution in [2.45, 2.75) is 56.3 Å². The summed E-state index contributed by atoms with van der Waals surface area (Å²) in [6.45, 7) is 4.60. The lowest BCUT2D eigenvalue weighted by Gasteiger charge is -2.24. The van der Waals surface area contributed by atoms with E-state index in [4.69, 9.17) is 9.47 Å². The molecule has 6 nitrogen and oxygen atoms in total. The predicted octanol–water partition coefficient (Wildman–Crippen LogP) is 4.29. The number of aromatic amines is 1. The van der Waals surface area contributed by atoms with Crippen molar-refractivity contribution in [3.8, 4) is 0 Å². The minimum atomic E-state index is -3.98. The summed E-state index contributed by atoms with van der Waals surface area (Å²) in [5.41, 5.74) is 2.03. The zero-order valence-electron chi connectivity index (χ0n) is 17.2. The number of aliphatic hydroxyl groups excluding tert-OH is 1. The minimum absolute atomic E-state index is 0.0925. The number of aliphatic hydroxyl groups is 1. The molecular formula is C23H27NO5S. The summed E-state index contributed by atoms with van der Waals surface area (Å²) in [5, 5.41) is 11.9. The van der Waals surface area contributed by atoms with E-state index in [0.717, 1.165) is 41.3 Å². The van der Waals surface area contributed by atoms with Crippen molar-refractivity contribution in [2.75, 3.05) is 6.61 Å². The Kier molecular flexibility index (Phi) is 5.97. The van der Waals surface area contributed by atoms with E-state index >= 15 is 0 Å². The van der Waals surface area contributed by atoms with Crippen molar-refractivity contribution in [1.82, 2.24) is 4.98 Å². The lowest BCUT2D eigenvalue weighted by Crippen LogP contribution is -2.23. The van der Waals surface area contributed by atoms with Gasteiger partial charge in [-0.2, -0.15) is 0 Å². The number of fused-ring (bicyclic) bond motifs is 1. The highest BCUT2D eigenvalue weighted by molar-refractivity contribution is 7.91. The maximum Gasteiger partial charge on any atom is 0.209 e. The zero-order valence-corrected chi connectivity index (χ0v) is 18.0. The molecule has 2 atom stereocenters. The van der Waals surface area contributed by atoms with Crippen LogP contribution >= 0.6 is 0 Å². The van der Waals surface area contributed by atoms with Gasteiger partial charge in [-0.3, -0.25) is 0 Å². The Labute approximate surface area is 176 Å². The predicted molar refractivity (Wildman–Crippen MR) is 115 cm³/mol. The lowest BCUT2D eigenvalue weighted by molar-refractivity contribution is -0.168. The number of aromatic nitrogens is 1. The zero-order chi connectivity index (χ0) is 21.3. The quantitative estimate of drug-likeness (QED) is 0.610. The number of rotatable bonds is 6. The number of sulfone groups is 1. The van der Waals surface area contributed by atoms with Gasteiger partial charge in [-0.1, -0.05) is 17.7 Å². The number of hydrogen-bond acceptors (Lipinski definition) is 5. The fourth-order valence-corrected chi connectivity index (χ4v) is 5.24. The Bertz CT molecular complexity index is 1130. The van der Waals surface area contributed by atoms with Gasteiger partial charge >= 0.3 is 0 Å². The van der Waals surface area contributed by atoms with E-state index in [9.17, 15) is 13.5 Å². The van der Waals surface area contributed by atoms with E-state index in [1.807, 2.05) is 26.1 Å². The lowest BCUT2D eigenvalue weighted by atomic mass is 10.0. The molecule has 2 aromatic carbocycles. The van der Waals surface area contributed by atoms with Gasteiger partial charge in [0.1, 0.15) is 0 Å². The SMILES string of the molecule is Cc1ccc(S(=O)(=O)C(O)c2cc(C)c3[nH]ccc3c2COC2CCCCO2)cc1. The molecule has 0 spiro atoms. The maximum atomic E-state index is 13.2. The molecule has 0 aliphatic carbocycles. The largest absolute Gasteiger partial charge is 0.373 e. The Morgan fingerprint density at radius 2 is 1.97 bits per heavy atom. The fourth-order valence-electron chi connectivity index (χ4n) is 3.92. The third-order valence-electron chi connectivity index (χ3n) is 5.65. The van der Waals surface area contributed by atoms with Crippen LogP contribution in [0, 0.1) is 13.8 Å². The topological polar surface area (TPSA) is 88.6 Å². The standard InChI is InChI=1S/C23H27NO5S/c1-15-6-8-17(9-7-15)30(26,27)23(25)19-13-16(2)22-18(10-11-24-22)20(19)14-29-21-5-3-4-12-28-21/h6-11,13,21,23-25H,3-5,12,14H2,1-2H3. The second-order valence-corrected chi connectivity index (χ2v) is 9.85. The van der Waals surface area contributed by atoms with Gasteiger partial charge in [0, 0.05) is 29.3 Å². The van der Waals surface area contributed by atoms with E-state index in [0.29, 0.717) is 17.7 Å². The summed E-state index contributed by atoms with van der Waals surface area (Å²) in [5.74, 6) is 0. The molecule has 1 aliphatic rings. The average Bonchev–Trinajstić information content (AvgIpc) is 3.24. The first-order valence-corrected chi connectivity index (χ1v) is 11.7. The van der Waals surface area contributed by atoms with Crippen molar-refractivity contribution < 1.29 is 23.0 Å². The van der Waals surface area contributed by atoms with E-state index < -0.39 is 15.3 Å². The Balaban J connectivity index is 1.74. The number of H-pyrrole nitrogens is 1. The molecule has 1 fully saturated rings. The first kappa shape index (κ1) is 21.1. The Morgan fingerprint density at radius 1 is 1.20 bits per heavy atom. The molecular weight excluding hydrogens is 402 g/mol. The van der Waals surface area contributed by atoms with E-state index in [2.05, 4.69) is 4.98 Å². The first-order valence-electron chi connectivity index (χ1n) is 10.2. The number of ether oxygens (including phenoxy) is 2. The second kappa shape index (κ2) is 8.51. The summed E-state index contributed by atoms with van der Waals surface area (Å²) in [6, 6.07) is 10.1. The third kappa shape index (κ3) is 4.03. The third-order valence-corrected chi connectivity index (χ3v) is 7.42. The number of hydrogen-bond donors (Lipinski definition) is 2. The van der Waals surface area contributed by atoms with E-state index in [-0.39, 0.29) is 17.8 Å². The second-order valence-electron chi connectivity index (χ2n) is 7.85. The van der Waals surface area contributed by atoms with Crippen molar-refractivity contribution in [1.29, 1.82) is 0 Å². The molecule has 0 radical (unpaired) electrons. The first-order chi connectivity index (χ1) is 14.4. The molecule has 3 aromatic rings. The molecule has 1 saturated heterocycles. The highest BCUT2D eigenvalue weighted by Crippen LogP contribution is 2.35. The van der Waals surface area contributed by atoms with Crippen LogP contribution in [0.2, 0.25) is 0 Å². The van der Waals surface area contributed by atoms with Crippen LogP contribution < -0.4 is 0 Å². The van der Waals surface area contributed by atoms with E-state index in [1.54, 1.807) is 18.2 Å². The molecule has 0 saturated carbocycles. The monoisotopic (exact) mass is 429 g/mol. The number of nitrogens with one attached hydrogen (secondary N) is 1. The van der Waals surface area contributed by atoms with Crippen LogP contribution in [0.25, 0.3) is 10.9 Å². The molecule has 0 amide bonds. The molecule has 2 heterocycles. The summed E-state index contributed by atoms with van der Waals surface area (Å²) in [7, 11) is -3.98. The normalized spacial score (nSPS) is 18.6. The maximum absolute atomic E-state index is 13.2. The summed E-state index contributed by atoms with van der Waals surface area (Å²) in [4.78, 5) is 3.28. The van der Waals surface area contributed by atoms with Gasteiger partial charge in [0.15, 0.2) is 11.7 Å². The van der Waals surface area contributed by atoms with Crippen LogP contribution in [0.1, 0.15) is 47.0 Å². The van der Waals surface area contributed by atoms with Crippen LogP contribution in [0.15, 0.2) is 47.5 Å². The summed E-state index contributed by atoms with van der Waals surface area (Å²) >= 11 is 0. The average molecular weight is 430 g/mol. The smallest absolute Gasteiger partial charge is 0.209 e. The van der Waals surface area contributed by atoms with Crippen LogP contribution in [-0.2, 0) is 25.9 Å². The van der Waals surface area contributed by atoms with Crippen LogP contribution in [0.5, 0.6) is 0 Å². The van der Waals surface area contributed by atoms with Gasteiger partial charge in [0.2, 0.25) is 9.84 Å². The molecule has 2 unspecified atom stereocenters. The van der Waals surface area contributed by atoms with E-state index in [1.165, 1.54) is 12.1 Å². The van der Waals surface area contributed by atoms with Crippen LogP contribution in [0.3, 0.4) is 0 Å². The summed E-state index contributed by atoms with van der Waals surface area (Å²) < 4.78 is 38.0. The fraction of sp³-hybridized carbons (Fsp3) is 0.391. The minimum Gasteiger partial charge on any atom is -0.373 e. The molecule has 1 aromatic heterocycles. The van der Waals surface area contributed by atoms with Crippen LogP contribution in [-0.4, -0.2) is 31.4 Å². The summed E-state index contributed by atoms with van der Waals surface area (Å²) in [6.07, 6.45) is 4.36. The highest BCUT2D eigenvalue weighted by Gasteiger charge is 2.30. The molecule has 30 heavy (non-hydrogen) atoms. The number of benzene rings is 2. The van der Waals surface area contributed by atoms with Crippen molar-refractivity contribution >= 4 is 20.7 Å². The van der Waals surface area contributed by atoms with Gasteiger partial charge in [-0.05, 0) is 68.5 Å². The van der Waals surface area contributed by atoms with Crippen LogP contribution in [0.4, 0.5) is 0 Å². The molecule has 160 valence electrons. The molecule has 2 N–H and O–H groups in total. The Hall–Kier alpha value is -2.19. The molecule has 1 aliphatic heterocycles. The van der Waals surface area contributed by atoms with Crippen molar-refractivity contribution in [3.63, 3.8) is 0 Å². The van der Waals surface area contributed by atoms with Gasteiger partial charge in [0.05, 0.1) is 11.5 Å². The number of aryl methyl sites for hydroxylation is 2. The van der Waals surface area contributed by atoms with Gasteiger partial charge in [0.25, 0.3) is 0 Å². The highest BCUT2D eigenvalue weighted by atomic mass is 32.2. The van der Waals surface area contributed by atoms with Gasteiger partial charge < -0.3 is 19.6 Å². The van der Waals surface area contributed by atoms with Crippen molar-refractivity contribution in [2.24, 2.45) is 0 Å². The molecule has 4 rings (SSSR count). The molecule has 7 heteroatoms. The van der Waals surface area contributed by atoms with Crippen molar-refractivity contribution in [3.05, 3.63) is 64.8 Å². The Morgan fingerprint density at radius 3 is 2.67 bits per heavy atom. The van der Waals surface area contributed by atoms with Gasteiger partial charge in [-0.25, -0.2) is 8.42 Å². The molecule has 0 bridgehead atoms. The van der Waals surface area contributed by atoms with Gasteiger partial charge in [-0.15, -0.1) is 0 Å².